The number of rotatable bonds is 3. The molecule has 0 saturated carbocycles. The number of carbonyl (C=O) groups excluding carboxylic acids is 1. The van der Waals surface area contributed by atoms with Crippen LogP contribution in [0.15, 0.2) is 48.5 Å². The first-order valence-electron chi connectivity index (χ1n) is 6.62. The van der Waals surface area contributed by atoms with Crippen LogP contribution in [-0.2, 0) is 6.54 Å². The second-order valence-electron chi connectivity index (χ2n) is 4.72. The van der Waals surface area contributed by atoms with E-state index in [4.69, 9.17) is 0 Å². The molecule has 0 aliphatic carbocycles. The van der Waals surface area contributed by atoms with Crippen molar-refractivity contribution in [2.24, 2.45) is 0 Å². The van der Waals surface area contributed by atoms with Crippen molar-refractivity contribution >= 4 is 16.8 Å². The molecular weight excluding hydrogens is 285 g/mol. The van der Waals surface area contributed by atoms with E-state index in [-0.39, 0.29) is 23.8 Å². The van der Waals surface area contributed by atoms with Crippen LogP contribution in [0, 0.1) is 5.82 Å². The standard InChI is InChI=1S/C16H12FN3O2/c17-11-7-5-10(6-8-11)9-18-16(22)14-15(21)12-3-1-2-4-13(12)19-20-14/h1-8H,9H2,(H,18,22)(H,19,21). The van der Waals surface area contributed by atoms with Gasteiger partial charge in [0.15, 0.2) is 11.4 Å². The maximum Gasteiger partial charge on any atom is 0.275 e. The molecule has 2 aromatic carbocycles. The predicted octanol–water partition coefficient (Wildman–Crippen LogP) is 2.40. The Bertz CT molecular complexity index is 834. The van der Waals surface area contributed by atoms with Crippen molar-refractivity contribution in [1.82, 2.24) is 15.5 Å². The number of hydrogen-bond acceptors (Lipinski definition) is 4. The maximum atomic E-state index is 12.8. The zero-order valence-corrected chi connectivity index (χ0v) is 11.5. The first-order valence-corrected chi connectivity index (χ1v) is 6.62. The number of benzene rings is 2. The van der Waals surface area contributed by atoms with Gasteiger partial charge in [-0.25, -0.2) is 4.39 Å². The number of amides is 1. The summed E-state index contributed by atoms with van der Waals surface area (Å²) in [5.74, 6) is -1.09. The zero-order valence-electron chi connectivity index (χ0n) is 11.5. The van der Waals surface area contributed by atoms with Crippen LogP contribution < -0.4 is 5.32 Å². The Kier molecular flexibility index (Phi) is 3.65. The molecule has 1 heterocycles. The van der Waals surface area contributed by atoms with Crippen molar-refractivity contribution in [2.45, 2.75) is 6.54 Å². The quantitative estimate of drug-likeness (QED) is 0.778. The van der Waals surface area contributed by atoms with Crippen LogP contribution in [-0.4, -0.2) is 21.2 Å². The van der Waals surface area contributed by atoms with E-state index in [1.165, 1.54) is 12.1 Å². The van der Waals surface area contributed by atoms with Gasteiger partial charge in [0, 0.05) is 11.9 Å². The summed E-state index contributed by atoms with van der Waals surface area (Å²) >= 11 is 0. The molecule has 0 atom stereocenters. The molecule has 3 aromatic rings. The third-order valence-corrected chi connectivity index (χ3v) is 3.22. The Morgan fingerprint density at radius 1 is 1.09 bits per heavy atom. The Morgan fingerprint density at radius 3 is 2.59 bits per heavy atom. The number of aromatic hydroxyl groups is 1. The maximum absolute atomic E-state index is 12.8. The van der Waals surface area contributed by atoms with Gasteiger partial charge in [-0.3, -0.25) is 4.79 Å². The van der Waals surface area contributed by atoms with Crippen LogP contribution in [0.1, 0.15) is 16.1 Å². The highest BCUT2D eigenvalue weighted by Gasteiger charge is 2.16. The van der Waals surface area contributed by atoms with E-state index in [0.717, 1.165) is 5.56 Å². The first kappa shape index (κ1) is 13.9. The molecule has 22 heavy (non-hydrogen) atoms. The topological polar surface area (TPSA) is 75.1 Å². The molecule has 0 fully saturated rings. The highest BCUT2D eigenvalue weighted by atomic mass is 19.1. The second kappa shape index (κ2) is 5.77. The average molecular weight is 297 g/mol. The van der Waals surface area contributed by atoms with E-state index < -0.39 is 5.91 Å². The second-order valence-corrected chi connectivity index (χ2v) is 4.72. The monoisotopic (exact) mass is 297 g/mol. The number of nitrogens with one attached hydrogen (secondary N) is 1. The van der Waals surface area contributed by atoms with Crippen LogP contribution in [0.4, 0.5) is 4.39 Å². The van der Waals surface area contributed by atoms with Crippen molar-refractivity contribution < 1.29 is 14.3 Å². The molecule has 0 unspecified atom stereocenters. The summed E-state index contributed by atoms with van der Waals surface area (Å²) in [5, 5.41) is 20.9. The van der Waals surface area contributed by atoms with Crippen LogP contribution >= 0.6 is 0 Å². The molecule has 5 nitrogen and oxygen atoms in total. The van der Waals surface area contributed by atoms with Gasteiger partial charge in [-0.05, 0) is 29.8 Å². The van der Waals surface area contributed by atoms with Crippen molar-refractivity contribution in [3.05, 3.63) is 65.6 Å². The normalized spacial score (nSPS) is 10.6. The van der Waals surface area contributed by atoms with Gasteiger partial charge >= 0.3 is 0 Å². The van der Waals surface area contributed by atoms with Crippen molar-refractivity contribution in [3.8, 4) is 5.75 Å². The van der Waals surface area contributed by atoms with E-state index in [2.05, 4.69) is 15.5 Å². The summed E-state index contributed by atoms with van der Waals surface area (Å²) in [6.45, 7) is 0.201. The molecule has 0 spiro atoms. The number of hydrogen-bond donors (Lipinski definition) is 2. The third kappa shape index (κ3) is 2.71. The predicted molar refractivity (Wildman–Crippen MR) is 78.8 cm³/mol. The molecule has 1 aromatic heterocycles. The summed E-state index contributed by atoms with van der Waals surface area (Å²) in [7, 11) is 0. The molecule has 0 saturated heterocycles. The molecule has 0 aliphatic rings. The van der Waals surface area contributed by atoms with Crippen molar-refractivity contribution in [3.63, 3.8) is 0 Å². The lowest BCUT2D eigenvalue weighted by Gasteiger charge is -2.07. The van der Waals surface area contributed by atoms with Crippen LogP contribution in [0.25, 0.3) is 10.9 Å². The van der Waals surface area contributed by atoms with Gasteiger partial charge in [-0.2, -0.15) is 0 Å². The lowest BCUT2D eigenvalue weighted by molar-refractivity contribution is 0.0942. The highest BCUT2D eigenvalue weighted by molar-refractivity contribution is 6.00. The minimum Gasteiger partial charge on any atom is -0.505 e. The van der Waals surface area contributed by atoms with E-state index in [1.807, 2.05) is 0 Å². The summed E-state index contributed by atoms with van der Waals surface area (Å²) in [5.41, 5.74) is 1.11. The summed E-state index contributed by atoms with van der Waals surface area (Å²) in [6, 6.07) is 12.6. The molecule has 0 aliphatic heterocycles. The van der Waals surface area contributed by atoms with Crippen LogP contribution in [0.3, 0.4) is 0 Å². The highest BCUT2D eigenvalue weighted by Crippen LogP contribution is 2.24. The largest absolute Gasteiger partial charge is 0.505 e. The summed E-state index contributed by atoms with van der Waals surface area (Å²) < 4.78 is 12.8. The molecule has 0 bridgehead atoms. The third-order valence-electron chi connectivity index (χ3n) is 3.22. The zero-order chi connectivity index (χ0) is 15.5. The van der Waals surface area contributed by atoms with Gasteiger partial charge in [0.05, 0.1) is 5.52 Å². The lowest BCUT2D eigenvalue weighted by atomic mass is 10.2. The van der Waals surface area contributed by atoms with E-state index in [9.17, 15) is 14.3 Å². The van der Waals surface area contributed by atoms with E-state index in [0.29, 0.717) is 10.9 Å². The Morgan fingerprint density at radius 2 is 1.82 bits per heavy atom. The Balaban J connectivity index is 1.80. The van der Waals surface area contributed by atoms with Crippen molar-refractivity contribution in [2.75, 3.05) is 0 Å². The smallest absolute Gasteiger partial charge is 0.275 e. The number of halogens is 1. The fraction of sp³-hybridized carbons (Fsp3) is 0.0625. The molecule has 3 rings (SSSR count). The summed E-state index contributed by atoms with van der Waals surface area (Å²) in [6.07, 6.45) is 0. The molecule has 6 heteroatoms. The van der Waals surface area contributed by atoms with Crippen LogP contribution in [0.2, 0.25) is 0 Å². The Hall–Kier alpha value is -3.02. The van der Waals surface area contributed by atoms with Gasteiger partial charge in [0.1, 0.15) is 5.82 Å². The number of fused-ring (bicyclic) bond motifs is 1. The molecular formula is C16H12FN3O2. The van der Waals surface area contributed by atoms with Crippen LogP contribution in [0.5, 0.6) is 5.75 Å². The van der Waals surface area contributed by atoms with Gasteiger partial charge < -0.3 is 10.4 Å². The number of nitrogens with zero attached hydrogens (tertiary/aromatic N) is 2. The average Bonchev–Trinajstić information content (AvgIpc) is 2.55. The van der Waals surface area contributed by atoms with Gasteiger partial charge in [0.25, 0.3) is 5.91 Å². The minimum absolute atomic E-state index is 0.138. The van der Waals surface area contributed by atoms with Gasteiger partial charge in [-0.15, -0.1) is 10.2 Å². The number of carbonyl (C=O) groups is 1. The van der Waals surface area contributed by atoms with E-state index in [1.54, 1.807) is 36.4 Å². The van der Waals surface area contributed by atoms with E-state index >= 15 is 0 Å². The minimum atomic E-state index is -0.542. The Labute approximate surface area is 125 Å². The van der Waals surface area contributed by atoms with Crippen molar-refractivity contribution in [1.29, 1.82) is 0 Å². The lowest BCUT2D eigenvalue weighted by Crippen LogP contribution is -2.24. The summed E-state index contributed by atoms with van der Waals surface area (Å²) in [4.78, 5) is 12.1. The van der Waals surface area contributed by atoms with Gasteiger partial charge in [-0.1, -0.05) is 24.3 Å². The molecule has 2 N–H and O–H groups in total. The molecule has 0 radical (unpaired) electrons. The SMILES string of the molecule is O=C(NCc1ccc(F)cc1)c1nnc2ccccc2c1O. The number of aromatic nitrogens is 2. The molecule has 110 valence electrons. The fourth-order valence-corrected chi connectivity index (χ4v) is 2.06. The van der Waals surface area contributed by atoms with Gasteiger partial charge in [0.2, 0.25) is 0 Å². The first-order chi connectivity index (χ1) is 10.6. The molecule has 1 amide bonds. The fourth-order valence-electron chi connectivity index (χ4n) is 2.06.